The van der Waals surface area contributed by atoms with E-state index in [-0.39, 0.29) is 6.42 Å². The topological polar surface area (TPSA) is 72.8 Å². The summed E-state index contributed by atoms with van der Waals surface area (Å²) in [5, 5.41) is 8.67. The maximum Gasteiger partial charge on any atom is 0.345 e. The molecule has 0 radical (unpaired) electrons. The largest absolute Gasteiger partial charge is 0.481 e. The summed E-state index contributed by atoms with van der Waals surface area (Å²) < 4.78 is 20.6. The number of hydrogen-bond donors (Lipinski definition) is 1. The van der Waals surface area contributed by atoms with E-state index in [4.69, 9.17) is 11.5 Å². The van der Waals surface area contributed by atoms with Gasteiger partial charge in [-0.1, -0.05) is 0 Å². The van der Waals surface area contributed by atoms with Crippen molar-refractivity contribution in [3.05, 3.63) is 0 Å². The third-order valence-electron chi connectivity index (χ3n) is 1.49. The van der Waals surface area contributed by atoms with Gasteiger partial charge in [-0.3, -0.25) is 9.36 Å². The van der Waals surface area contributed by atoms with E-state index in [0.29, 0.717) is 0 Å². The fourth-order valence-electron chi connectivity index (χ4n) is 0.775. The van der Waals surface area contributed by atoms with Gasteiger partial charge in [0, 0.05) is 20.6 Å². The zero-order chi connectivity index (χ0) is 10.5. The number of aliphatic carboxylic acids is 1. The Balaban J connectivity index is 4.82. The fourth-order valence-corrected chi connectivity index (χ4v) is 2.03. The highest BCUT2D eigenvalue weighted by molar-refractivity contribution is 7.55. The maximum absolute atomic E-state index is 11.6. The minimum Gasteiger partial charge on any atom is -0.481 e. The van der Waals surface area contributed by atoms with Crippen molar-refractivity contribution in [2.45, 2.75) is 12.1 Å². The standard InChI is InChI=1S/C7H11O5P/c1-4-5-6(7(8)9)13(10,11-2)12-3/h1,6H,5H2,2-3H3,(H,8,9). The van der Waals surface area contributed by atoms with E-state index in [2.05, 4.69) is 15.0 Å². The molecule has 0 aromatic carbocycles. The van der Waals surface area contributed by atoms with Crippen molar-refractivity contribution in [3.63, 3.8) is 0 Å². The summed E-state index contributed by atoms with van der Waals surface area (Å²) in [6, 6.07) is 0. The van der Waals surface area contributed by atoms with Crippen LogP contribution in [0.15, 0.2) is 0 Å². The van der Waals surface area contributed by atoms with Crippen molar-refractivity contribution in [2.24, 2.45) is 0 Å². The second-order valence-electron chi connectivity index (χ2n) is 2.17. The number of rotatable bonds is 5. The van der Waals surface area contributed by atoms with Gasteiger partial charge in [0.15, 0.2) is 5.66 Å². The average molecular weight is 206 g/mol. The fraction of sp³-hybridized carbons (Fsp3) is 0.571. The number of hydrogen-bond acceptors (Lipinski definition) is 4. The Labute approximate surface area is 76.6 Å². The van der Waals surface area contributed by atoms with Gasteiger partial charge in [-0.2, -0.15) is 0 Å². The predicted octanol–water partition coefficient (Wildman–Crippen LogP) is 0.949. The van der Waals surface area contributed by atoms with Crippen molar-refractivity contribution in [1.29, 1.82) is 0 Å². The zero-order valence-electron chi connectivity index (χ0n) is 7.39. The van der Waals surface area contributed by atoms with Crippen LogP contribution in [0.1, 0.15) is 6.42 Å². The summed E-state index contributed by atoms with van der Waals surface area (Å²) in [6.45, 7) is 0. The van der Waals surface area contributed by atoms with Crippen LogP contribution in [0.4, 0.5) is 0 Å². The lowest BCUT2D eigenvalue weighted by Crippen LogP contribution is -2.21. The lowest BCUT2D eigenvalue weighted by molar-refractivity contribution is -0.136. The van der Waals surface area contributed by atoms with Crippen molar-refractivity contribution in [1.82, 2.24) is 0 Å². The van der Waals surface area contributed by atoms with Crippen molar-refractivity contribution < 1.29 is 23.5 Å². The molecule has 1 atom stereocenters. The number of carboxylic acids is 1. The summed E-state index contributed by atoms with van der Waals surface area (Å²) in [7, 11) is -1.36. The van der Waals surface area contributed by atoms with Crippen LogP contribution in [0, 0.1) is 12.3 Å². The second kappa shape index (κ2) is 5.03. The molecule has 0 aliphatic rings. The summed E-state index contributed by atoms with van der Waals surface area (Å²) in [4.78, 5) is 10.6. The van der Waals surface area contributed by atoms with Crippen LogP contribution in [-0.2, 0) is 18.4 Å². The molecule has 6 heteroatoms. The van der Waals surface area contributed by atoms with Gasteiger partial charge in [-0.15, -0.1) is 12.3 Å². The quantitative estimate of drug-likeness (QED) is 0.535. The Hall–Kier alpha value is -0.820. The summed E-state index contributed by atoms with van der Waals surface area (Å²) in [6.07, 6.45) is 4.74. The van der Waals surface area contributed by atoms with Crippen LogP contribution >= 0.6 is 7.60 Å². The highest BCUT2D eigenvalue weighted by atomic mass is 31.2. The lowest BCUT2D eigenvalue weighted by atomic mass is 10.3. The third kappa shape index (κ3) is 2.85. The van der Waals surface area contributed by atoms with E-state index in [1.807, 2.05) is 0 Å². The van der Waals surface area contributed by atoms with E-state index in [1.54, 1.807) is 0 Å². The third-order valence-corrected chi connectivity index (χ3v) is 3.67. The first-order valence-corrected chi connectivity index (χ1v) is 5.00. The van der Waals surface area contributed by atoms with E-state index in [9.17, 15) is 9.36 Å². The SMILES string of the molecule is C#CCC(C(=O)O)P(=O)(OC)OC. The molecule has 0 saturated carbocycles. The molecule has 0 amide bonds. The number of carboxylic acid groups (broad SMARTS) is 1. The molecule has 1 N–H and O–H groups in total. The first kappa shape index (κ1) is 12.2. The van der Waals surface area contributed by atoms with E-state index in [1.165, 1.54) is 0 Å². The van der Waals surface area contributed by atoms with Gasteiger partial charge < -0.3 is 14.2 Å². The first-order valence-electron chi connectivity index (χ1n) is 3.39. The highest BCUT2D eigenvalue weighted by Crippen LogP contribution is 2.52. The Bertz CT molecular complexity index is 259. The molecule has 13 heavy (non-hydrogen) atoms. The van der Waals surface area contributed by atoms with Crippen LogP contribution < -0.4 is 0 Å². The molecule has 0 heterocycles. The van der Waals surface area contributed by atoms with Crippen LogP contribution in [0.5, 0.6) is 0 Å². The van der Waals surface area contributed by atoms with E-state index >= 15 is 0 Å². The molecule has 0 saturated heterocycles. The summed E-state index contributed by atoms with van der Waals surface area (Å²) >= 11 is 0. The molecule has 0 aliphatic carbocycles. The Morgan fingerprint density at radius 1 is 1.62 bits per heavy atom. The molecular weight excluding hydrogens is 195 g/mol. The van der Waals surface area contributed by atoms with Crippen LogP contribution in [-0.4, -0.2) is 31.0 Å². The molecule has 0 aliphatic heterocycles. The normalized spacial score (nSPS) is 13.3. The maximum atomic E-state index is 11.6. The molecule has 1 unspecified atom stereocenters. The van der Waals surface area contributed by atoms with Gasteiger partial charge in [-0.25, -0.2) is 0 Å². The zero-order valence-corrected chi connectivity index (χ0v) is 8.28. The molecule has 0 spiro atoms. The van der Waals surface area contributed by atoms with Gasteiger partial charge in [0.25, 0.3) is 0 Å². The van der Waals surface area contributed by atoms with Crippen LogP contribution in [0.2, 0.25) is 0 Å². The monoisotopic (exact) mass is 206 g/mol. The van der Waals surface area contributed by atoms with Gasteiger partial charge in [0.1, 0.15) is 0 Å². The summed E-state index contributed by atoms with van der Waals surface area (Å²) in [5.74, 6) is 0.823. The van der Waals surface area contributed by atoms with Crippen LogP contribution in [0.3, 0.4) is 0 Å². The van der Waals surface area contributed by atoms with Gasteiger partial charge in [0.05, 0.1) is 0 Å². The van der Waals surface area contributed by atoms with E-state index < -0.39 is 19.2 Å². The second-order valence-corrected chi connectivity index (χ2v) is 4.60. The molecule has 0 rings (SSSR count). The van der Waals surface area contributed by atoms with Gasteiger partial charge in [0.2, 0.25) is 0 Å². The first-order chi connectivity index (χ1) is 6.01. The van der Waals surface area contributed by atoms with Crippen molar-refractivity contribution in [2.75, 3.05) is 14.2 Å². The van der Waals surface area contributed by atoms with E-state index in [0.717, 1.165) is 14.2 Å². The average Bonchev–Trinajstić information content (AvgIpc) is 2.12. The summed E-state index contributed by atoms with van der Waals surface area (Å²) in [5.41, 5.74) is -1.30. The van der Waals surface area contributed by atoms with Crippen molar-refractivity contribution in [3.8, 4) is 12.3 Å². The molecule has 0 bridgehead atoms. The lowest BCUT2D eigenvalue weighted by Gasteiger charge is -2.18. The Morgan fingerprint density at radius 2 is 2.08 bits per heavy atom. The van der Waals surface area contributed by atoms with Gasteiger partial charge in [-0.05, 0) is 0 Å². The molecule has 0 aromatic rings. The molecule has 5 nitrogen and oxygen atoms in total. The minimum atomic E-state index is -3.61. The molecule has 0 fully saturated rings. The van der Waals surface area contributed by atoms with Gasteiger partial charge >= 0.3 is 13.6 Å². The highest BCUT2D eigenvalue weighted by Gasteiger charge is 2.39. The predicted molar refractivity (Wildman–Crippen MR) is 46.5 cm³/mol. The Morgan fingerprint density at radius 3 is 2.31 bits per heavy atom. The smallest absolute Gasteiger partial charge is 0.345 e. The number of carbonyl (C=O) groups is 1. The minimum absolute atomic E-state index is 0.186. The molecule has 74 valence electrons. The van der Waals surface area contributed by atoms with Crippen LogP contribution in [0.25, 0.3) is 0 Å². The van der Waals surface area contributed by atoms with Crippen molar-refractivity contribution >= 4 is 13.6 Å². The molecular formula is C7H11O5P. The Kier molecular flexibility index (Phi) is 4.71. The molecule has 0 aromatic heterocycles. The number of terminal acetylenes is 1.